The van der Waals surface area contributed by atoms with Crippen LogP contribution in [0.15, 0.2) is 40.9 Å². The van der Waals surface area contributed by atoms with Gasteiger partial charge < -0.3 is 31.1 Å². The molecule has 3 aliphatic carbocycles. The normalized spacial score (nSPS) is 27.6. The van der Waals surface area contributed by atoms with Crippen LogP contribution in [0.25, 0.3) is 10.8 Å². The van der Waals surface area contributed by atoms with Crippen molar-refractivity contribution in [1.82, 2.24) is 9.80 Å². The van der Waals surface area contributed by atoms with Gasteiger partial charge in [-0.3, -0.25) is 24.2 Å². The van der Waals surface area contributed by atoms with Crippen LogP contribution in [-0.2, 0) is 22.6 Å². The summed E-state index contributed by atoms with van der Waals surface area (Å²) in [5.41, 5.74) is 4.21. The van der Waals surface area contributed by atoms with E-state index >= 15 is 0 Å². The number of phenols is 1. The minimum Gasteiger partial charge on any atom is -0.510 e. The fourth-order valence-electron chi connectivity index (χ4n) is 8.23. The number of nitrogens with zero attached hydrogens (tertiary/aromatic N) is 3. The molecule has 11 nitrogen and oxygen atoms in total. The summed E-state index contributed by atoms with van der Waals surface area (Å²) in [4.78, 5) is 46.1. The highest BCUT2D eigenvalue weighted by Gasteiger charge is 2.63. The monoisotopic (exact) mass is 618 g/mol. The smallest absolute Gasteiger partial charge is 0.255 e. The Balaban J connectivity index is 1.51. The zero-order valence-electron chi connectivity index (χ0n) is 26.4. The molecular formula is C34H42N4O7. The number of aliphatic hydroxyl groups excluding tert-OH is 2. The number of anilines is 1. The number of hydrogen-bond acceptors (Lipinski definition) is 10. The number of nitrogens with two attached hydrogens (primary N) is 1. The number of phenolic OH excluding ortho intramolecular Hbond substituents is 1. The number of hydrogen-bond donors (Lipinski definition) is 5. The molecule has 0 spiro atoms. The zero-order valence-corrected chi connectivity index (χ0v) is 26.4. The lowest BCUT2D eigenvalue weighted by Gasteiger charge is -2.50. The number of likely N-dealkylation sites (N-methyl/N-ethyl adjacent to an activating group) is 1. The number of benzene rings is 2. The van der Waals surface area contributed by atoms with Crippen molar-refractivity contribution < 1.29 is 34.8 Å². The van der Waals surface area contributed by atoms with Crippen LogP contribution >= 0.6 is 0 Å². The van der Waals surface area contributed by atoms with Crippen molar-refractivity contribution in [2.24, 2.45) is 23.5 Å². The third-order valence-corrected chi connectivity index (χ3v) is 10.5. The van der Waals surface area contributed by atoms with Gasteiger partial charge in [0.25, 0.3) is 5.91 Å². The van der Waals surface area contributed by atoms with E-state index in [2.05, 4.69) is 17.9 Å². The van der Waals surface area contributed by atoms with Gasteiger partial charge in [-0.05, 0) is 81.9 Å². The molecular weight excluding hydrogens is 576 g/mol. The molecule has 6 N–H and O–H groups in total. The van der Waals surface area contributed by atoms with Gasteiger partial charge in [0.15, 0.2) is 11.4 Å². The highest BCUT2D eigenvalue weighted by atomic mass is 16.3. The van der Waals surface area contributed by atoms with Gasteiger partial charge in [-0.2, -0.15) is 0 Å². The summed E-state index contributed by atoms with van der Waals surface area (Å²) >= 11 is 0. The molecule has 0 bridgehead atoms. The highest BCUT2D eigenvalue weighted by molar-refractivity contribution is 6.25. The van der Waals surface area contributed by atoms with Crippen LogP contribution < -0.4 is 10.6 Å². The Kier molecular flexibility index (Phi) is 7.49. The molecule has 240 valence electrons. The van der Waals surface area contributed by atoms with Crippen molar-refractivity contribution in [2.45, 2.75) is 50.8 Å². The summed E-state index contributed by atoms with van der Waals surface area (Å²) in [7, 11) is 6.97. The number of amides is 1. The van der Waals surface area contributed by atoms with Crippen molar-refractivity contribution in [3.8, 4) is 5.75 Å². The number of Topliss-reactive ketones (excluding diaryl/α,β-unsaturated/α-hetero) is 2. The number of aliphatic hydroxyl groups is 3. The molecule has 45 heavy (non-hydrogen) atoms. The SMILES string of the molecule is CC1CCN(Cc2ccc3c(N(C)C)c4c(c(O)c3c2)C(=O)C2=C(O)[C@]3(O)C(=O)C(C(N)=O)=C(O)[C@@H](N(C)C)[C@@H]3C[C@@H]2C4)CC1. The highest BCUT2D eigenvalue weighted by Crippen LogP contribution is 2.54. The molecule has 0 aromatic heterocycles. The molecule has 11 heteroatoms. The fraction of sp³-hybridized carbons (Fsp3) is 0.500. The predicted molar refractivity (Wildman–Crippen MR) is 169 cm³/mol. The van der Waals surface area contributed by atoms with Crippen LogP contribution in [0.5, 0.6) is 5.75 Å². The van der Waals surface area contributed by atoms with Gasteiger partial charge in [-0.25, -0.2) is 0 Å². The second-order valence-electron chi connectivity index (χ2n) is 13.7. The van der Waals surface area contributed by atoms with Gasteiger partial charge in [0, 0.05) is 48.6 Å². The van der Waals surface area contributed by atoms with Crippen molar-refractivity contribution in [3.63, 3.8) is 0 Å². The van der Waals surface area contributed by atoms with Gasteiger partial charge >= 0.3 is 0 Å². The number of carbonyl (C=O) groups excluding carboxylic acids is 3. The average molecular weight is 619 g/mol. The molecule has 0 radical (unpaired) electrons. The zero-order chi connectivity index (χ0) is 32.7. The molecule has 1 fully saturated rings. The van der Waals surface area contributed by atoms with Gasteiger partial charge in [-0.1, -0.05) is 19.1 Å². The van der Waals surface area contributed by atoms with Crippen LogP contribution in [0.2, 0.25) is 0 Å². The van der Waals surface area contributed by atoms with Crippen LogP contribution in [-0.4, -0.2) is 101 Å². The van der Waals surface area contributed by atoms with E-state index in [1.165, 1.54) is 0 Å². The molecule has 1 amide bonds. The largest absolute Gasteiger partial charge is 0.510 e. The summed E-state index contributed by atoms with van der Waals surface area (Å²) in [6.45, 7) is 4.96. The molecule has 4 atom stereocenters. The number of fused-ring (bicyclic) bond motifs is 4. The molecule has 1 heterocycles. The van der Waals surface area contributed by atoms with Crippen molar-refractivity contribution in [1.29, 1.82) is 0 Å². The summed E-state index contributed by atoms with van der Waals surface area (Å²) < 4.78 is 0. The first kappa shape index (κ1) is 31.1. The van der Waals surface area contributed by atoms with E-state index in [0.717, 1.165) is 42.6 Å². The molecule has 6 rings (SSSR count). The van der Waals surface area contributed by atoms with E-state index in [1.807, 2.05) is 31.1 Å². The first-order valence-corrected chi connectivity index (χ1v) is 15.5. The lowest BCUT2D eigenvalue weighted by atomic mass is 9.58. The first-order chi connectivity index (χ1) is 21.2. The Hall–Kier alpha value is -3.93. The summed E-state index contributed by atoms with van der Waals surface area (Å²) in [5, 5.41) is 47.6. The van der Waals surface area contributed by atoms with Crippen molar-refractivity contribution >= 4 is 33.9 Å². The van der Waals surface area contributed by atoms with Gasteiger partial charge in [0.1, 0.15) is 22.8 Å². The number of likely N-dealkylation sites (tertiary alicyclic amines) is 1. The standard InChI is InChI=1S/C34H42N4O7/c1-16-8-10-38(11-9-16)15-17-6-7-19-20(12-17)28(39)24-21(26(19)36(2)3)13-18-14-22-27(37(4)5)30(41)25(33(35)44)32(43)34(22,45)31(42)23(18)29(24)40/h6-7,12,16,18,22,27,39,41-42,45H,8-11,13-15H2,1-5H3,(H2,35,44)/t18-,22-,27-,34-/m0/s1. The minimum absolute atomic E-state index is 0.0240. The molecule has 1 saturated heterocycles. The number of carbonyl (C=O) groups is 3. The number of rotatable bonds is 5. The summed E-state index contributed by atoms with van der Waals surface area (Å²) in [6.07, 6.45) is 2.55. The Morgan fingerprint density at radius 1 is 1.07 bits per heavy atom. The molecule has 2 aromatic carbocycles. The lowest BCUT2D eigenvalue weighted by molar-refractivity contribution is -0.148. The third kappa shape index (κ3) is 4.54. The number of allylic oxidation sites excluding steroid dienone is 1. The molecule has 0 unspecified atom stereocenters. The topological polar surface area (TPSA) is 168 Å². The lowest BCUT2D eigenvalue weighted by Crippen LogP contribution is -2.63. The first-order valence-electron chi connectivity index (χ1n) is 15.5. The van der Waals surface area contributed by atoms with E-state index in [0.29, 0.717) is 23.4 Å². The molecule has 2 aromatic rings. The Bertz CT molecular complexity index is 1700. The van der Waals surface area contributed by atoms with Gasteiger partial charge in [0.2, 0.25) is 5.78 Å². The van der Waals surface area contributed by atoms with E-state index in [9.17, 15) is 34.8 Å². The molecule has 4 aliphatic rings. The van der Waals surface area contributed by atoms with E-state index in [1.54, 1.807) is 19.0 Å². The number of aromatic hydroxyl groups is 1. The van der Waals surface area contributed by atoms with E-state index in [4.69, 9.17) is 5.73 Å². The second kappa shape index (κ2) is 10.9. The Labute approximate surface area is 262 Å². The summed E-state index contributed by atoms with van der Waals surface area (Å²) in [5.74, 6) is -5.83. The third-order valence-electron chi connectivity index (χ3n) is 10.5. The van der Waals surface area contributed by atoms with Gasteiger partial charge in [0.05, 0.1) is 11.6 Å². The van der Waals surface area contributed by atoms with Crippen LogP contribution in [0, 0.1) is 17.8 Å². The minimum atomic E-state index is -2.67. The van der Waals surface area contributed by atoms with Crippen LogP contribution in [0.3, 0.4) is 0 Å². The molecule has 0 saturated carbocycles. The molecule has 1 aliphatic heterocycles. The Morgan fingerprint density at radius 2 is 1.73 bits per heavy atom. The number of primary amides is 1. The maximum absolute atomic E-state index is 14.4. The average Bonchev–Trinajstić information content (AvgIpc) is 2.96. The van der Waals surface area contributed by atoms with Crippen molar-refractivity contribution in [3.05, 3.63) is 57.6 Å². The fourth-order valence-corrected chi connectivity index (χ4v) is 8.23. The maximum Gasteiger partial charge on any atom is 0.255 e. The number of piperidine rings is 1. The quantitative estimate of drug-likeness (QED) is 0.314. The Morgan fingerprint density at radius 3 is 2.33 bits per heavy atom. The van der Waals surface area contributed by atoms with E-state index in [-0.39, 0.29) is 29.7 Å². The van der Waals surface area contributed by atoms with Crippen LogP contribution in [0.4, 0.5) is 5.69 Å². The van der Waals surface area contributed by atoms with E-state index < -0.39 is 58.0 Å². The number of ketones is 2. The van der Waals surface area contributed by atoms with Gasteiger partial charge in [-0.15, -0.1) is 0 Å². The van der Waals surface area contributed by atoms with Crippen LogP contribution in [0.1, 0.15) is 47.7 Å². The predicted octanol–water partition coefficient (Wildman–Crippen LogP) is 2.57. The van der Waals surface area contributed by atoms with Crippen molar-refractivity contribution in [2.75, 3.05) is 46.2 Å². The second-order valence-corrected chi connectivity index (χ2v) is 13.7. The summed E-state index contributed by atoms with van der Waals surface area (Å²) in [6, 6.07) is 4.92. The maximum atomic E-state index is 14.4.